The summed E-state index contributed by atoms with van der Waals surface area (Å²) >= 11 is 0. The van der Waals surface area contributed by atoms with Gasteiger partial charge < -0.3 is 10.4 Å². The normalized spacial score (nSPS) is 12.1. The highest BCUT2D eigenvalue weighted by molar-refractivity contribution is 7.92. The first-order valence-electron chi connectivity index (χ1n) is 7.37. The molecule has 0 radical (unpaired) electrons. The maximum atomic E-state index is 11.8. The van der Waals surface area contributed by atoms with E-state index in [9.17, 15) is 18.0 Å². The predicted molar refractivity (Wildman–Crippen MR) is 86.0 cm³/mol. The molecule has 1 aromatic heterocycles. The fraction of sp³-hybridized carbons (Fsp3) is 0.643. The molecule has 0 aliphatic carbocycles. The summed E-state index contributed by atoms with van der Waals surface area (Å²) < 4.78 is 24.8. The van der Waals surface area contributed by atoms with Crippen LogP contribution in [-0.4, -0.2) is 46.7 Å². The molecule has 0 saturated carbocycles. The fourth-order valence-corrected chi connectivity index (χ4v) is 3.09. The first-order valence-corrected chi connectivity index (χ1v) is 9.19. The van der Waals surface area contributed by atoms with Gasteiger partial charge in [-0.1, -0.05) is 19.8 Å². The average molecular weight is 345 g/mol. The number of amides is 1. The van der Waals surface area contributed by atoms with Gasteiger partial charge in [-0.2, -0.15) is 5.10 Å². The van der Waals surface area contributed by atoms with E-state index in [2.05, 4.69) is 10.4 Å². The summed E-state index contributed by atoms with van der Waals surface area (Å²) in [6.07, 6.45) is 4.89. The van der Waals surface area contributed by atoms with Gasteiger partial charge in [-0.3, -0.25) is 9.48 Å². The van der Waals surface area contributed by atoms with Crippen LogP contribution >= 0.6 is 0 Å². The number of anilines is 1. The van der Waals surface area contributed by atoms with Crippen molar-refractivity contribution in [3.05, 3.63) is 12.4 Å². The molecule has 0 spiro atoms. The molecule has 0 unspecified atom stereocenters. The summed E-state index contributed by atoms with van der Waals surface area (Å²) in [6.45, 7) is 4.90. The number of hydrogen-bond donors (Lipinski definition) is 2. The smallest absolute Gasteiger partial charge is 0.331 e. The highest BCUT2D eigenvalue weighted by Crippen LogP contribution is 2.17. The molecule has 8 nitrogen and oxygen atoms in total. The van der Waals surface area contributed by atoms with E-state index in [1.807, 2.05) is 6.92 Å². The van der Waals surface area contributed by atoms with Gasteiger partial charge in [0.25, 0.3) is 0 Å². The van der Waals surface area contributed by atoms with Gasteiger partial charge in [0.2, 0.25) is 5.91 Å². The minimum absolute atomic E-state index is 0.0143. The van der Waals surface area contributed by atoms with Crippen molar-refractivity contribution in [3.63, 3.8) is 0 Å². The van der Waals surface area contributed by atoms with Crippen LogP contribution in [0.3, 0.4) is 0 Å². The summed E-state index contributed by atoms with van der Waals surface area (Å²) in [5, 5.41) is 15.4. The Morgan fingerprint density at radius 3 is 2.57 bits per heavy atom. The van der Waals surface area contributed by atoms with Crippen LogP contribution in [0.2, 0.25) is 0 Å². The second-order valence-electron chi connectivity index (χ2n) is 5.89. The number of unbranched alkanes of at least 4 members (excludes halogenated alkanes) is 2. The molecule has 0 aliphatic heterocycles. The first kappa shape index (κ1) is 19.1. The highest BCUT2D eigenvalue weighted by Gasteiger charge is 2.30. The summed E-state index contributed by atoms with van der Waals surface area (Å²) in [7, 11) is -3.44. The number of hydrogen-bond acceptors (Lipinski definition) is 5. The molecule has 0 saturated heterocycles. The number of carboxylic acid groups (broad SMARTS) is 1. The number of aliphatic carboxylic acids is 1. The van der Waals surface area contributed by atoms with Gasteiger partial charge >= 0.3 is 5.97 Å². The number of carbonyl (C=O) groups excluding carboxylic acids is 1. The Hall–Kier alpha value is -1.90. The van der Waals surface area contributed by atoms with Crippen LogP contribution in [0.5, 0.6) is 0 Å². The summed E-state index contributed by atoms with van der Waals surface area (Å²) in [4.78, 5) is 22.9. The van der Waals surface area contributed by atoms with Crippen molar-refractivity contribution in [2.75, 3.05) is 16.8 Å². The number of carboxylic acids is 1. The molecular formula is C14H23N3O5S. The lowest BCUT2D eigenvalue weighted by Gasteiger charge is -2.19. The lowest BCUT2D eigenvalue weighted by molar-refractivity contribution is -0.146. The summed E-state index contributed by atoms with van der Waals surface area (Å²) in [5.74, 6) is -2.34. The lowest BCUT2D eigenvalue weighted by atomic mass is 10.1. The Balaban J connectivity index is 2.65. The Kier molecular flexibility index (Phi) is 6.31. The number of nitrogens with zero attached hydrogens (tertiary/aromatic N) is 2. The molecule has 0 atom stereocenters. The molecule has 0 aliphatic rings. The first-order chi connectivity index (χ1) is 10.6. The molecule has 9 heteroatoms. The predicted octanol–water partition coefficient (Wildman–Crippen LogP) is 1.25. The zero-order chi connectivity index (χ0) is 17.7. The van der Waals surface area contributed by atoms with E-state index in [4.69, 9.17) is 5.11 Å². The van der Waals surface area contributed by atoms with Crippen LogP contribution in [0.25, 0.3) is 0 Å². The van der Waals surface area contributed by atoms with Crippen LogP contribution in [0.1, 0.15) is 40.0 Å². The van der Waals surface area contributed by atoms with Gasteiger partial charge in [0.05, 0.1) is 17.6 Å². The van der Waals surface area contributed by atoms with Gasteiger partial charge in [0, 0.05) is 6.20 Å². The minimum Gasteiger partial charge on any atom is -0.479 e. The maximum absolute atomic E-state index is 11.8. The van der Waals surface area contributed by atoms with Crippen LogP contribution in [0.15, 0.2) is 12.4 Å². The van der Waals surface area contributed by atoms with E-state index in [-0.39, 0.29) is 11.4 Å². The van der Waals surface area contributed by atoms with Crippen molar-refractivity contribution < 1.29 is 23.1 Å². The number of rotatable bonds is 9. The van der Waals surface area contributed by atoms with Crippen LogP contribution < -0.4 is 5.32 Å². The summed E-state index contributed by atoms with van der Waals surface area (Å²) in [5.41, 5.74) is -1.01. The minimum atomic E-state index is -3.44. The van der Waals surface area contributed by atoms with Crippen LogP contribution in [0, 0.1) is 0 Å². The number of aromatic nitrogens is 2. The molecular weight excluding hydrogens is 322 g/mol. The average Bonchev–Trinajstić information content (AvgIpc) is 2.86. The van der Waals surface area contributed by atoms with Gasteiger partial charge in [-0.25, -0.2) is 13.2 Å². The molecule has 23 heavy (non-hydrogen) atoms. The number of sulfone groups is 1. The van der Waals surface area contributed by atoms with Crippen molar-refractivity contribution in [2.45, 2.75) is 45.6 Å². The van der Waals surface area contributed by atoms with Gasteiger partial charge in [-0.15, -0.1) is 0 Å². The van der Waals surface area contributed by atoms with Crippen molar-refractivity contribution in [3.8, 4) is 0 Å². The van der Waals surface area contributed by atoms with E-state index in [1.165, 1.54) is 30.9 Å². The Labute approximate surface area is 135 Å². The van der Waals surface area contributed by atoms with Gasteiger partial charge in [0.15, 0.2) is 15.4 Å². The zero-order valence-corrected chi connectivity index (χ0v) is 14.4. The molecule has 130 valence electrons. The third kappa shape index (κ3) is 5.66. The molecule has 2 N–H and O–H groups in total. The van der Waals surface area contributed by atoms with Gasteiger partial charge in [0.1, 0.15) is 5.75 Å². The van der Waals surface area contributed by atoms with Crippen LogP contribution in [-0.2, 0) is 25.0 Å². The van der Waals surface area contributed by atoms with Gasteiger partial charge in [-0.05, 0) is 20.3 Å². The second-order valence-corrected chi connectivity index (χ2v) is 8.07. The monoisotopic (exact) mass is 345 g/mol. The molecule has 0 fully saturated rings. The van der Waals surface area contributed by atoms with E-state index in [1.54, 1.807) is 0 Å². The largest absolute Gasteiger partial charge is 0.479 e. The molecule has 0 aromatic carbocycles. The van der Waals surface area contributed by atoms with E-state index in [0.717, 1.165) is 12.8 Å². The zero-order valence-electron chi connectivity index (χ0n) is 13.6. The number of carbonyl (C=O) groups is 2. The standard InChI is InChI=1S/C14H23N3O5S/c1-4-5-6-7-23(21,22)10-12(18)16-11-8-15-17(9-11)14(2,3)13(19)20/h8-9H,4-7,10H2,1-3H3,(H,16,18)(H,19,20). The third-order valence-corrected chi connectivity index (χ3v) is 4.99. The Morgan fingerprint density at radius 2 is 2.00 bits per heavy atom. The SMILES string of the molecule is CCCCCS(=O)(=O)CC(=O)Nc1cnn(C(C)(C)C(=O)O)c1. The number of nitrogens with one attached hydrogen (secondary N) is 1. The summed E-state index contributed by atoms with van der Waals surface area (Å²) in [6, 6.07) is 0. The highest BCUT2D eigenvalue weighted by atomic mass is 32.2. The Morgan fingerprint density at radius 1 is 1.35 bits per heavy atom. The molecule has 1 rings (SSSR count). The lowest BCUT2D eigenvalue weighted by Crippen LogP contribution is -2.36. The van der Waals surface area contributed by atoms with Crippen LogP contribution in [0.4, 0.5) is 5.69 Å². The topological polar surface area (TPSA) is 118 Å². The van der Waals surface area contributed by atoms with E-state index in [0.29, 0.717) is 6.42 Å². The molecule has 1 aromatic rings. The van der Waals surface area contributed by atoms with Crippen molar-refractivity contribution in [2.24, 2.45) is 0 Å². The third-order valence-electron chi connectivity index (χ3n) is 3.37. The molecule has 0 bridgehead atoms. The van der Waals surface area contributed by atoms with Crippen molar-refractivity contribution in [1.82, 2.24) is 9.78 Å². The second kappa shape index (κ2) is 7.58. The molecule has 1 amide bonds. The van der Waals surface area contributed by atoms with E-state index >= 15 is 0 Å². The van der Waals surface area contributed by atoms with E-state index < -0.39 is 33.0 Å². The Bertz CT molecular complexity index is 664. The van der Waals surface area contributed by atoms with Crippen molar-refractivity contribution >= 4 is 27.4 Å². The quantitative estimate of drug-likeness (QED) is 0.650. The molecule has 1 heterocycles. The van der Waals surface area contributed by atoms with Crippen molar-refractivity contribution in [1.29, 1.82) is 0 Å². The maximum Gasteiger partial charge on any atom is 0.331 e. The fourth-order valence-electron chi connectivity index (χ4n) is 1.83.